The highest BCUT2D eigenvalue weighted by molar-refractivity contribution is 6.05. The third kappa shape index (κ3) is 4.22. The fourth-order valence-electron chi connectivity index (χ4n) is 4.33. The maximum absolute atomic E-state index is 13.3. The molecule has 2 aromatic heterocycles. The summed E-state index contributed by atoms with van der Waals surface area (Å²) in [6, 6.07) is 2.53. The number of carbonyl (C=O) groups is 3. The first kappa shape index (κ1) is 21.1. The highest BCUT2D eigenvalue weighted by Gasteiger charge is 2.50. The van der Waals surface area contributed by atoms with Crippen LogP contribution in [0, 0.1) is 11.3 Å². The van der Waals surface area contributed by atoms with Gasteiger partial charge in [-0.1, -0.05) is 27.7 Å². The average molecular weight is 428 g/mol. The summed E-state index contributed by atoms with van der Waals surface area (Å²) in [6.45, 7) is 9.84. The fourth-order valence-corrected chi connectivity index (χ4v) is 4.33. The third-order valence-corrected chi connectivity index (χ3v) is 5.62. The van der Waals surface area contributed by atoms with E-state index in [4.69, 9.17) is 4.42 Å². The van der Waals surface area contributed by atoms with Crippen molar-refractivity contribution in [3.8, 4) is 0 Å². The molecule has 0 bridgehead atoms. The molecule has 0 aliphatic carbocycles. The van der Waals surface area contributed by atoms with Gasteiger partial charge >= 0.3 is 6.03 Å². The van der Waals surface area contributed by atoms with Crippen LogP contribution in [-0.2, 0) is 11.3 Å². The van der Waals surface area contributed by atoms with E-state index in [1.165, 1.54) is 4.90 Å². The van der Waals surface area contributed by atoms with Crippen molar-refractivity contribution in [2.75, 3.05) is 26.2 Å². The summed E-state index contributed by atoms with van der Waals surface area (Å²) in [6.07, 6.45) is 5.19. The molecule has 4 amide bonds. The Morgan fingerprint density at radius 3 is 2.71 bits per heavy atom. The normalized spacial score (nSPS) is 21.1. The second-order valence-corrected chi connectivity index (χ2v) is 9.62. The number of imide groups is 1. The van der Waals surface area contributed by atoms with Gasteiger partial charge in [-0.3, -0.25) is 14.5 Å². The molecule has 2 saturated heterocycles. The van der Waals surface area contributed by atoms with E-state index < -0.39 is 6.04 Å². The molecule has 0 aromatic carbocycles. The second kappa shape index (κ2) is 7.86. The molecule has 2 fully saturated rings. The van der Waals surface area contributed by atoms with Crippen LogP contribution in [0.25, 0.3) is 0 Å². The van der Waals surface area contributed by atoms with Crippen molar-refractivity contribution in [3.05, 3.63) is 42.4 Å². The van der Waals surface area contributed by atoms with Crippen LogP contribution in [-0.4, -0.2) is 74.3 Å². The zero-order valence-corrected chi connectivity index (χ0v) is 18.4. The minimum atomic E-state index is -0.655. The lowest BCUT2D eigenvalue weighted by Gasteiger charge is -2.30. The Morgan fingerprint density at radius 2 is 2.03 bits per heavy atom. The molecule has 31 heavy (non-hydrogen) atoms. The average Bonchev–Trinajstić information content (AvgIpc) is 3.39. The molecular formula is C22H29N5O4. The van der Waals surface area contributed by atoms with Crippen LogP contribution in [0.4, 0.5) is 4.79 Å². The van der Waals surface area contributed by atoms with Gasteiger partial charge in [-0.2, -0.15) is 0 Å². The predicted molar refractivity (Wildman–Crippen MR) is 112 cm³/mol. The number of amides is 4. The Hall–Kier alpha value is -3.10. The number of furan rings is 1. The molecule has 9 heteroatoms. The molecule has 0 radical (unpaired) electrons. The first-order chi connectivity index (χ1) is 14.6. The van der Waals surface area contributed by atoms with Gasteiger partial charge in [0, 0.05) is 37.4 Å². The topological polar surface area (TPSA) is 91.9 Å². The molecule has 4 heterocycles. The van der Waals surface area contributed by atoms with Gasteiger partial charge in [-0.25, -0.2) is 9.78 Å². The second-order valence-electron chi connectivity index (χ2n) is 9.62. The van der Waals surface area contributed by atoms with Crippen molar-refractivity contribution in [1.82, 2.24) is 24.3 Å². The van der Waals surface area contributed by atoms with Gasteiger partial charge in [-0.05, 0) is 18.1 Å². The highest BCUT2D eigenvalue weighted by atomic mass is 16.4. The largest absolute Gasteiger partial charge is 0.454 e. The zero-order valence-electron chi connectivity index (χ0n) is 18.4. The van der Waals surface area contributed by atoms with Crippen LogP contribution in [0.2, 0.25) is 0 Å². The van der Waals surface area contributed by atoms with Crippen molar-refractivity contribution in [2.45, 2.75) is 40.3 Å². The SMILES string of the molecule is CC(C)CN1C(=O)C2CN(C(=O)c3ccc(Cn4ccnc4)o3)CC(C)(C)CN2C1=O. The molecular weight excluding hydrogens is 398 g/mol. The molecule has 9 nitrogen and oxygen atoms in total. The van der Waals surface area contributed by atoms with E-state index in [9.17, 15) is 14.4 Å². The van der Waals surface area contributed by atoms with Crippen LogP contribution in [0.3, 0.4) is 0 Å². The van der Waals surface area contributed by atoms with Gasteiger partial charge in [0.1, 0.15) is 11.8 Å². The maximum atomic E-state index is 13.3. The maximum Gasteiger partial charge on any atom is 0.327 e. The van der Waals surface area contributed by atoms with E-state index >= 15 is 0 Å². The summed E-state index contributed by atoms with van der Waals surface area (Å²) in [5.41, 5.74) is -0.361. The Kier molecular flexibility index (Phi) is 5.36. The van der Waals surface area contributed by atoms with Gasteiger partial charge in [0.2, 0.25) is 0 Å². The summed E-state index contributed by atoms with van der Waals surface area (Å²) in [5.74, 6) is 0.561. The quantitative estimate of drug-likeness (QED) is 0.683. The standard InChI is InChI=1S/C22H29N5O4/c1-15(2)9-26-19(28)17-11-25(12-22(3,4)13-27(17)21(26)30)20(29)18-6-5-16(31-18)10-24-8-7-23-14-24/h5-8,14-15,17H,9-13H2,1-4H3. The fraction of sp³-hybridized carbons (Fsp3) is 0.545. The van der Waals surface area contributed by atoms with Crippen LogP contribution < -0.4 is 0 Å². The van der Waals surface area contributed by atoms with Crippen molar-refractivity contribution in [1.29, 1.82) is 0 Å². The van der Waals surface area contributed by atoms with Gasteiger partial charge in [-0.15, -0.1) is 0 Å². The number of rotatable bonds is 5. The van der Waals surface area contributed by atoms with Gasteiger partial charge < -0.3 is 18.8 Å². The number of urea groups is 1. The Balaban J connectivity index is 1.55. The number of carbonyl (C=O) groups excluding carboxylic acids is 3. The minimum absolute atomic E-state index is 0.166. The Labute approximate surface area is 181 Å². The number of hydrogen-bond acceptors (Lipinski definition) is 5. The summed E-state index contributed by atoms with van der Waals surface area (Å²) < 4.78 is 7.65. The summed E-state index contributed by atoms with van der Waals surface area (Å²) in [4.78, 5) is 47.8. The van der Waals surface area contributed by atoms with Gasteiger partial charge in [0.15, 0.2) is 5.76 Å². The molecule has 1 unspecified atom stereocenters. The van der Waals surface area contributed by atoms with Crippen molar-refractivity contribution < 1.29 is 18.8 Å². The van der Waals surface area contributed by atoms with E-state index in [-0.39, 0.29) is 41.5 Å². The molecule has 4 rings (SSSR count). The first-order valence-electron chi connectivity index (χ1n) is 10.6. The van der Waals surface area contributed by atoms with Crippen molar-refractivity contribution in [2.24, 2.45) is 11.3 Å². The highest BCUT2D eigenvalue weighted by Crippen LogP contribution is 2.31. The Bertz CT molecular complexity index is 978. The van der Waals surface area contributed by atoms with Crippen molar-refractivity contribution >= 4 is 17.8 Å². The summed E-state index contributed by atoms with van der Waals surface area (Å²) in [5, 5.41) is 0. The zero-order chi connectivity index (χ0) is 22.3. The molecule has 2 aliphatic rings. The number of aromatic nitrogens is 2. The third-order valence-electron chi connectivity index (χ3n) is 5.62. The number of imidazole rings is 1. The molecule has 166 valence electrons. The Morgan fingerprint density at radius 1 is 1.26 bits per heavy atom. The lowest BCUT2D eigenvalue weighted by molar-refractivity contribution is -0.128. The molecule has 2 aliphatic heterocycles. The summed E-state index contributed by atoms with van der Waals surface area (Å²) >= 11 is 0. The number of nitrogens with zero attached hydrogens (tertiary/aromatic N) is 5. The van der Waals surface area contributed by atoms with E-state index in [1.54, 1.807) is 34.5 Å². The van der Waals surface area contributed by atoms with Crippen molar-refractivity contribution in [3.63, 3.8) is 0 Å². The van der Waals surface area contributed by atoms with E-state index in [0.29, 0.717) is 31.9 Å². The summed E-state index contributed by atoms with van der Waals surface area (Å²) in [7, 11) is 0. The molecule has 0 N–H and O–H groups in total. The van der Waals surface area contributed by atoms with Crippen LogP contribution in [0.5, 0.6) is 0 Å². The van der Waals surface area contributed by atoms with Crippen LogP contribution >= 0.6 is 0 Å². The smallest absolute Gasteiger partial charge is 0.327 e. The lowest BCUT2D eigenvalue weighted by Crippen LogP contribution is -2.44. The van der Waals surface area contributed by atoms with Gasteiger partial charge in [0.05, 0.1) is 19.4 Å². The predicted octanol–water partition coefficient (Wildman–Crippen LogP) is 2.30. The number of fused-ring (bicyclic) bond motifs is 1. The van der Waals surface area contributed by atoms with Gasteiger partial charge in [0.25, 0.3) is 11.8 Å². The molecule has 0 spiro atoms. The first-order valence-corrected chi connectivity index (χ1v) is 10.6. The molecule has 1 atom stereocenters. The number of hydrogen-bond donors (Lipinski definition) is 0. The minimum Gasteiger partial charge on any atom is -0.454 e. The van der Waals surface area contributed by atoms with Crippen LogP contribution in [0.1, 0.15) is 44.0 Å². The lowest BCUT2D eigenvalue weighted by atomic mass is 9.92. The monoisotopic (exact) mass is 427 g/mol. The molecule has 2 aromatic rings. The van der Waals surface area contributed by atoms with E-state index in [2.05, 4.69) is 4.98 Å². The molecule has 0 saturated carbocycles. The van der Waals surface area contributed by atoms with Crippen LogP contribution in [0.15, 0.2) is 35.3 Å². The van der Waals surface area contributed by atoms with E-state index in [0.717, 1.165) is 0 Å². The van der Waals surface area contributed by atoms with E-state index in [1.807, 2.05) is 38.5 Å².